The van der Waals surface area contributed by atoms with E-state index in [1.165, 1.54) is 30.0 Å². The number of hydrogen-bond donors (Lipinski definition) is 7. The Bertz CT molecular complexity index is 1340. The van der Waals surface area contributed by atoms with Crippen molar-refractivity contribution in [2.45, 2.75) is 75.5 Å². The van der Waals surface area contributed by atoms with E-state index in [0.29, 0.717) is 18.4 Å². The number of carbonyl (C=O) groups is 3. The van der Waals surface area contributed by atoms with Crippen molar-refractivity contribution in [3.05, 3.63) is 59.9 Å². The maximum absolute atomic E-state index is 13.7. The second-order valence-electron chi connectivity index (χ2n) is 11.8. The number of hydrazine groups is 1. The van der Waals surface area contributed by atoms with Crippen molar-refractivity contribution in [3.8, 4) is 0 Å². The van der Waals surface area contributed by atoms with E-state index in [-0.39, 0.29) is 25.2 Å². The van der Waals surface area contributed by atoms with Gasteiger partial charge in [-0.3, -0.25) is 14.4 Å². The Morgan fingerprint density at radius 3 is 2.40 bits per heavy atom. The van der Waals surface area contributed by atoms with Crippen molar-refractivity contribution in [2.24, 2.45) is 11.6 Å². The SMILES string of the molecule is CC(C)(O)/C(=C/N)N(N)C1CC(C(=O)NC2(B(O)O)CCCCC2)N(C(=O)CNC(=O)c2ccc3ccccc3c2)C1. The maximum atomic E-state index is 13.7. The Hall–Kier alpha value is -3.65. The van der Waals surface area contributed by atoms with Crippen molar-refractivity contribution in [1.29, 1.82) is 0 Å². The molecule has 42 heavy (non-hydrogen) atoms. The van der Waals surface area contributed by atoms with Crippen LogP contribution in [0.1, 0.15) is 62.7 Å². The van der Waals surface area contributed by atoms with Gasteiger partial charge in [-0.1, -0.05) is 49.6 Å². The van der Waals surface area contributed by atoms with Gasteiger partial charge in [0.15, 0.2) is 0 Å². The van der Waals surface area contributed by atoms with E-state index >= 15 is 0 Å². The Morgan fingerprint density at radius 2 is 1.79 bits per heavy atom. The highest BCUT2D eigenvalue weighted by Crippen LogP contribution is 2.31. The monoisotopic (exact) mass is 580 g/mol. The van der Waals surface area contributed by atoms with Crippen LogP contribution in [0.25, 0.3) is 10.8 Å². The van der Waals surface area contributed by atoms with Gasteiger partial charge < -0.3 is 41.4 Å². The summed E-state index contributed by atoms with van der Waals surface area (Å²) in [6.07, 6.45) is 4.43. The lowest BCUT2D eigenvalue weighted by Gasteiger charge is -2.38. The molecule has 12 nitrogen and oxygen atoms in total. The Balaban J connectivity index is 1.53. The second kappa shape index (κ2) is 12.7. The molecule has 1 saturated carbocycles. The molecule has 1 heterocycles. The van der Waals surface area contributed by atoms with Crippen LogP contribution in [0, 0.1) is 0 Å². The molecule has 2 aliphatic rings. The number of nitrogens with one attached hydrogen (secondary N) is 2. The zero-order chi connectivity index (χ0) is 30.7. The summed E-state index contributed by atoms with van der Waals surface area (Å²) in [4.78, 5) is 41.4. The summed E-state index contributed by atoms with van der Waals surface area (Å²) in [5, 5.41) is 39.5. The van der Waals surface area contributed by atoms with Crippen molar-refractivity contribution >= 4 is 35.6 Å². The van der Waals surface area contributed by atoms with Crippen LogP contribution in [-0.4, -0.2) is 86.1 Å². The fourth-order valence-electron chi connectivity index (χ4n) is 5.99. The van der Waals surface area contributed by atoms with Crippen LogP contribution >= 0.6 is 0 Å². The van der Waals surface area contributed by atoms with Crippen LogP contribution in [0.2, 0.25) is 0 Å². The summed E-state index contributed by atoms with van der Waals surface area (Å²) in [5.74, 6) is 4.86. The number of rotatable bonds is 9. The maximum Gasteiger partial charge on any atom is 0.478 e. The number of aliphatic hydroxyl groups is 1. The summed E-state index contributed by atoms with van der Waals surface area (Å²) < 4.78 is 0. The van der Waals surface area contributed by atoms with E-state index in [4.69, 9.17) is 11.6 Å². The Kier molecular flexibility index (Phi) is 9.46. The smallest absolute Gasteiger partial charge is 0.426 e. The van der Waals surface area contributed by atoms with Crippen molar-refractivity contribution in [3.63, 3.8) is 0 Å². The molecule has 2 atom stereocenters. The molecule has 0 radical (unpaired) electrons. The van der Waals surface area contributed by atoms with E-state index in [2.05, 4.69) is 10.6 Å². The van der Waals surface area contributed by atoms with Crippen LogP contribution in [0.15, 0.2) is 54.4 Å². The van der Waals surface area contributed by atoms with Gasteiger partial charge in [0.05, 0.1) is 23.7 Å². The highest BCUT2D eigenvalue weighted by atomic mass is 16.4. The van der Waals surface area contributed by atoms with Gasteiger partial charge in [-0.25, -0.2) is 5.84 Å². The third-order valence-corrected chi connectivity index (χ3v) is 8.38. The first-order valence-electron chi connectivity index (χ1n) is 14.3. The van der Waals surface area contributed by atoms with Gasteiger partial charge in [0.2, 0.25) is 11.8 Å². The predicted molar refractivity (Wildman–Crippen MR) is 159 cm³/mol. The summed E-state index contributed by atoms with van der Waals surface area (Å²) in [7, 11) is -1.77. The zero-order valence-corrected chi connectivity index (χ0v) is 24.1. The second-order valence-corrected chi connectivity index (χ2v) is 11.8. The third kappa shape index (κ3) is 6.70. The quantitative estimate of drug-likeness (QED) is 0.122. The van der Waals surface area contributed by atoms with E-state index in [9.17, 15) is 29.5 Å². The number of carbonyl (C=O) groups excluding carboxylic acids is 3. The number of benzene rings is 2. The molecular weight excluding hydrogens is 539 g/mol. The molecule has 0 spiro atoms. The van der Waals surface area contributed by atoms with Crippen LogP contribution in [0.3, 0.4) is 0 Å². The lowest BCUT2D eigenvalue weighted by atomic mass is 9.58. The molecule has 2 aromatic rings. The summed E-state index contributed by atoms with van der Waals surface area (Å²) in [6, 6.07) is 11.3. The molecule has 9 N–H and O–H groups in total. The summed E-state index contributed by atoms with van der Waals surface area (Å²) >= 11 is 0. The van der Waals surface area contributed by atoms with E-state index in [1.807, 2.05) is 30.3 Å². The van der Waals surface area contributed by atoms with Crippen molar-refractivity contribution < 1.29 is 29.5 Å². The van der Waals surface area contributed by atoms with Gasteiger partial charge in [0.1, 0.15) is 11.6 Å². The first kappa shape index (κ1) is 31.3. The lowest BCUT2D eigenvalue weighted by molar-refractivity contribution is -0.138. The van der Waals surface area contributed by atoms with Crippen LogP contribution in [0.5, 0.6) is 0 Å². The molecule has 2 fully saturated rings. The first-order valence-corrected chi connectivity index (χ1v) is 14.3. The molecule has 13 heteroatoms. The molecule has 4 rings (SSSR count). The standard InChI is InChI=1S/C29H41BN6O6/c1-28(2,40)24(16-31)36(32)22-15-23(27(39)34-29(30(41)42)12-6-3-7-13-29)35(18-22)25(37)17-33-26(38)21-11-10-19-8-4-5-9-20(19)14-21/h4-5,8-11,14,16,22-23,40-42H,3,6-7,12-13,15,17-18,31-32H2,1-2H3,(H,33,38)(H,34,39)/b24-16-. The highest BCUT2D eigenvalue weighted by Gasteiger charge is 2.48. The molecule has 3 amide bonds. The van der Waals surface area contributed by atoms with Crippen molar-refractivity contribution in [1.82, 2.24) is 20.5 Å². The van der Waals surface area contributed by atoms with Crippen LogP contribution < -0.4 is 22.2 Å². The average molecular weight is 580 g/mol. The van der Waals surface area contributed by atoms with Gasteiger partial charge in [0.25, 0.3) is 5.91 Å². The lowest BCUT2D eigenvalue weighted by Crippen LogP contribution is -2.63. The fourth-order valence-corrected chi connectivity index (χ4v) is 5.99. The molecule has 2 aromatic carbocycles. The minimum absolute atomic E-state index is 0.0152. The number of fused-ring (bicyclic) bond motifs is 1. The molecule has 1 aliphatic heterocycles. The minimum atomic E-state index is -1.77. The summed E-state index contributed by atoms with van der Waals surface area (Å²) in [6.45, 7) is 2.68. The fraction of sp³-hybridized carbons (Fsp3) is 0.483. The summed E-state index contributed by atoms with van der Waals surface area (Å²) in [5.41, 5.74) is 3.75. The van der Waals surface area contributed by atoms with Gasteiger partial charge in [-0.15, -0.1) is 0 Å². The van der Waals surface area contributed by atoms with Crippen LogP contribution in [-0.2, 0) is 9.59 Å². The zero-order valence-electron chi connectivity index (χ0n) is 24.1. The predicted octanol–water partition coefficient (Wildman–Crippen LogP) is 0.117. The van der Waals surface area contributed by atoms with Crippen molar-refractivity contribution in [2.75, 3.05) is 13.1 Å². The molecule has 1 saturated heterocycles. The Labute approximate surface area is 245 Å². The van der Waals surface area contributed by atoms with E-state index < -0.39 is 48.0 Å². The van der Waals surface area contributed by atoms with Gasteiger partial charge in [0, 0.05) is 24.7 Å². The van der Waals surface area contributed by atoms with Gasteiger partial charge in [-0.2, -0.15) is 0 Å². The van der Waals surface area contributed by atoms with E-state index in [1.54, 1.807) is 12.1 Å². The number of likely N-dealkylation sites (tertiary alicyclic amines) is 1. The largest absolute Gasteiger partial charge is 0.478 e. The van der Waals surface area contributed by atoms with E-state index in [0.717, 1.165) is 30.0 Å². The molecular formula is C29H41BN6O6. The third-order valence-electron chi connectivity index (χ3n) is 8.38. The number of amides is 3. The molecule has 0 aromatic heterocycles. The van der Waals surface area contributed by atoms with Crippen LogP contribution in [0.4, 0.5) is 0 Å². The normalized spacial score (nSPS) is 20.7. The van der Waals surface area contributed by atoms with Gasteiger partial charge >= 0.3 is 7.12 Å². The first-order chi connectivity index (χ1) is 19.9. The number of nitrogens with two attached hydrogens (primary N) is 2. The highest BCUT2D eigenvalue weighted by molar-refractivity contribution is 6.46. The Morgan fingerprint density at radius 1 is 1.12 bits per heavy atom. The van der Waals surface area contributed by atoms with Gasteiger partial charge in [-0.05, 0) is 49.6 Å². The number of hydrogen-bond acceptors (Lipinski definition) is 9. The average Bonchev–Trinajstić information content (AvgIpc) is 3.41. The molecule has 0 bridgehead atoms. The molecule has 226 valence electrons. The molecule has 1 aliphatic carbocycles. The topological polar surface area (TPSA) is 194 Å². The minimum Gasteiger partial charge on any atom is -0.426 e. The number of nitrogens with zero attached hydrogens (tertiary/aromatic N) is 2. The molecule has 2 unspecified atom stereocenters.